The second kappa shape index (κ2) is 6.08. The summed E-state index contributed by atoms with van der Waals surface area (Å²) >= 11 is 0. The van der Waals surface area contributed by atoms with E-state index in [4.69, 9.17) is 9.97 Å². The smallest absolute Gasteiger partial charge is 0.0973 e. The van der Waals surface area contributed by atoms with Crippen LogP contribution < -0.4 is 0 Å². The first-order chi connectivity index (χ1) is 12.9. The van der Waals surface area contributed by atoms with Gasteiger partial charge >= 0.3 is 0 Å². The van der Waals surface area contributed by atoms with Crippen LogP contribution in [0.15, 0.2) is 97.1 Å². The molecule has 0 radical (unpaired) electrons. The Morgan fingerprint density at radius 1 is 0.423 bits per heavy atom. The van der Waals surface area contributed by atoms with E-state index in [1.807, 2.05) is 42.5 Å². The fraction of sp³-hybridized carbons (Fsp3) is 0. The van der Waals surface area contributed by atoms with Gasteiger partial charge in [-0.25, -0.2) is 9.97 Å². The lowest BCUT2D eigenvalue weighted by molar-refractivity contribution is 1.29. The Morgan fingerprint density at radius 3 is 1.73 bits per heavy atom. The van der Waals surface area contributed by atoms with Crippen molar-refractivity contribution < 1.29 is 0 Å². The van der Waals surface area contributed by atoms with E-state index in [0.29, 0.717) is 0 Å². The molecule has 0 aliphatic carbocycles. The molecule has 0 saturated heterocycles. The number of nitrogens with zero attached hydrogens (tertiary/aromatic N) is 2. The highest BCUT2D eigenvalue weighted by atomic mass is 14.8. The van der Waals surface area contributed by atoms with Gasteiger partial charge in [0.05, 0.1) is 22.4 Å². The lowest BCUT2D eigenvalue weighted by atomic mass is 10.0. The molecule has 0 aliphatic heterocycles. The number of rotatable bonds is 2. The zero-order chi connectivity index (χ0) is 17.3. The van der Waals surface area contributed by atoms with E-state index < -0.39 is 0 Å². The fourth-order valence-electron chi connectivity index (χ4n) is 3.34. The number of aromatic nitrogens is 2. The van der Waals surface area contributed by atoms with Gasteiger partial charge in [-0.3, -0.25) is 0 Å². The maximum Gasteiger partial charge on any atom is 0.0973 e. The van der Waals surface area contributed by atoms with Gasteiger partial charge in [0.25, 0.3) is 0 Å². The van der Waals surface area contributed by atoms with Crippen molar-refractivity contribution in [2.75, 3.05) is 0 Å². The minimum atomic E-state index is 0.912. The maximum absolute atomic E-state index is 4.97. The molecule has 2 heteroatoms. The summed E-state index contributed by atoms with van der Waals surface area (Å²) in [5.41, 5.74) is 5.82. The standard InChI is InChI=1S/C24H16N2/c1-2-9-18(10-3-1)23-24(26-22-13-7-6-12-21(22)25-23)20-15-14-17-8-4-5-11-19(17)16-20/h1-16H. The molecule has 5 rings (SSSR count). The van der Waals surface area contributed by atoms with E-state index in [-0.39, 0.29) is 0 Å². The van der Waals surface area contributed by atoms with Gasteiger partial charge in [-0.2, -0.15) is 0 Å². The molecule has 122 valence electrons. The van der Waals surface area contributed by atoms with Crippen LogP contribution in [0.3, 0.4) is 0 Å². The van der Waals surface area contributed by atoms with Crippen LogP contribution in [0.4, 0.5) is 0 Å². The molecule has 0 fully saturated rings. The molecule has 0 amide bonds. The maximum atomic E-state index is 4.97. The van der Waals surface area contributed by atoms with Gasteiger partial charge in [-0.15, -0.1) is 0 Å². The van der Waals surface area contributed by atoms with E-state index in [9.17, 15) is 0 Å². The Morgan fingerprint density at radius 2 is 1.00 bits per heavy atom. The summed E-state index contributed by atoms with van der Waals surface area (Å²) in [7, 11) is 0. The molecule has 5 aromatic rings. The quantitative estimate of drug-likeness (QED) is 0.389. The minimum Gasteiger partial charge on any atom is -0.244 e. The third-order valence-corrected chi connectivity index (χ3v) is 4.64. The number of hydrogen-bond donors (Lipinski definition) is 0. The molecule has 0 atom stereocenters. The zero-order valence-electron chi connectivity index (χ0n) is 14.1. The number of benzene rings is 4. The summed E-state index contributed by atoms with van der Waals surface area (Å²) in [4.78, 5) is 9.91. The highest BCUT2D eigenvalue weighted by molar-refractivity contribution is 5.91. The molecule has 0 unspecified atom stereocenters. The topological polar surface area (TPSA) is 25.8 Å². The molecule has 0 saturated carbocycles. The summed E-state index contributed by atoms with van der Waals surface area (Å²) in [6, 6.07) is 33.2. The highest BCUT2D eigenvalue weighted by Crippen LogP contribution is 2.32. The van der Waals surface area contributed by atoms with Crippen LogP contribution >= 0.6 is 0 Å². The predicted octanol–water partition coefficient (Wildman–Crippen LogP) is 6.12. The first-order valence-corrected chi connectivity index (χ1v) is 8.70. The second-order valence-electron chi connectivity index (χ2n) is 6.34. The molecule has 0 spiro atoms. The summed E-state index contributed by atoms with van der Waals surface area (Å²) in [5, 5.41) is 2.44. The monoisotopic (exact) mass is 332 g/mol. The van der Waals surface area contributed by atoms with Crippen LogP contribution in [0, 0.1) is 0 Å². The third kappa shape index (κ3) is 2.52. The van der Waals surface area contributed by atoms with Gasteiger partial charge < -0.3 is 0 Å². The Hall–Kier alpha value is -3.52. The molecular formula is C24H16N2. The minimum absolute atomic E-state index is 0.912. The average Bonchev–Trinajstić information content (AvgIpc) is 2.73. The molecular weight excluding hydrogens is 316 g/mol. The van der Waals surface area contributed by atoms with E-state index >= 15 is 0 Å². The van der Waals surface area contributed by atoms with E-state index in [1.165, 1.54) is 10.8 Å². The summed E-state index contributed by atoms with van der Waals surface area (Å²) in [6.45, 7) is 0. The van der Waals surface area contributed by atoms with Gasteiger partial charge in [0.15, 0.2) is 0 Å². The van der Waals surface area contributed by atoms with Crippen molar-refractivity contribution in [2.45, 2.75) is 0 Å². The first-order valence-electron chi connectivity index (χ1n) is 8.70. The zero-order valence-corrected chi connectivity index (χ0v) is 14.1. The third-order valence-electron chi connectivity index (χ3n) is 4.64. The van der Waals surface area contributed by atoms with E-state index in [2.05, 4.69) is 54.6 Å². The van der Waals surface area contributed by atoms with Crippen LogP contribution in [-0.2, 0) is 0 Å². The molecule has 0 bridgehead atoms. The SMILES string of the molecule is c1ccc(-c2nc3ccccc3nc2-c2ccc3ccccc3c2)cc1. The lowest BCUT2D eigenvalue weighted by Crippen LogP contribution is -1.95. The predicted molar refractivity (Wildman–Crippen MR) is 108 cm³/mol. The van der Waals surface area contributed by atoms with Crippen LogP contribution in [0.5, 0.6) is 0 Å². The molecule has 0 N–H and O–H groups in total. The van der Waals surface area contributed by atoms with Gasteiger partial charge in [0.1, 0.15) is 0 Å². The average molecular weight is 332 g/mol. The molecule has 4 aromatic carbocycles. The first kappa shape index (κ1) is 14.8. The van der Waals surface area contributed by atoms with Crippen molar-refractivity contribution in [1.29, 1.82) is 0 Å². The Kier molecular flexibility index (Phi) is 3.46. The number of fused-ring (bicyclic) bond motifs is 2. The molecule has 1 heterocycles. The van der Waals surface area contributed by atoms with Crippen molar-refractivity contribution in [1.82, 2.24) is 9.97 Å². The Labute approximate surface area is 151 Å². The molecule has 2 nitrogen and oxygen atoms in total. The summed E-state index contributed by atoms with van der Waals surface area (Å²) < 4.78 is 0. The Bertz CT molecular complexity index is 1230. The van der Waals surface area contributed by atoms with Crippen molar-refractivity contribution >= 4 is 21.8 Å². The highest BCUT2D eigenvalue weighted by Gasteiger charge is 2.13. The van der Waals surface area contributed by atoms with Crippen molar-refractivity contribution in [3.8, 4) is 22.5 Å². The van der Waals surface area contributed by atoms with Gasteiger partial charge in [0, 0.05) is 11.1 Å². The Balaban J connectivity index is 1.81. The van der Waals surface area contributed by atoms with E-state index in [1.54, 1.807) is 0 Å². The normalized spacial score (nSPS) is 11.1. The van der Waals surface area contributed by atoms with Crippen molar-refractivity contribution in [3.63, 3.8) is 0 Å². The summed E-state index contributed by atoms with van der Waals surface area (Å²) in [5.74, 6) is 0. The van der Waals surface area contributed by atoms with Crippen LogP contribution in [0.2, 0.25) is 0 Å². The van der Waals surface area contributed by atoms with Crippen LogP contribution in [0.1, 0.15) is 0 Å². The number of hydrogen-bond acceptors (Lipinski definition) is 2. The molecule has 26 heavy (non-hydrogen) atoms. The lowest BCUT2D eigenvalue weighted by Gasteiger charge is -2.11. The largest absolute Gasteiger partial charge is 0.244 e. The summed E-state index contributed by atoms with van der Waals surface area (Å²) in [6.07, 6.45) is 0. The fourth-order valence-corrected chi connectivity index (χ4v) is 3.34. The van der Waals surface area contributed by atoms with Crippen molar-refractivity contribution in [2.24, 2.45) is 0 Å². The molecule has 0 aliphatic rings. The van der Waals surface area contributed by atoms with Gasteiger partial charge in [-0.05, 0) is 29.0 Å². The van der Waals surface area contributed by atoms with Gasteiger partial charge in [0.2, 0.25) is 0 Å². The second-order valence-corrected chi connectivity index (χ2v) is 6.34. The van der Waals surface area contributed by atoms with Gasteiger partial charge in [-0.1, -0.05) is 78.9 Å². The molecule has 1 aromatic heterocycles. The van der Waals surface area contributed by atoms with Crippen LogP contribution in [0.25, 0.3) is 44.3 Å². The van der Waals surface area contributed by atoms with Crippen LogP contribution in [-0.4, -0.2) is 9.97 Å². The van der Waals surface area contributed by atoms with E-state index in [0.717, 1.165) is 33.5 Å². The number of para-hydroxylation sites is 2. The van der Waals surface area contributed by atoms with Crippen molar-refractivity contribution in [3.05, 3.63) is 97.1 Å².